The smallest absolute Gasteiger partial charge is 0.222 e. The van der Waals surface area contributed by atoms with Crippen LogP contribution in [0.2, 0.25) is 0 Å². The van der Waals surface area contributed by atoms with Crippen molar-refractivity contribution in [3.05, 3.63) is 35.1 Å². The maximum atomic E-state index is 13.9. The fraction of sp³-hybridized carbons (Fsp3) is 0.600. The number of amides is 1. The summed E-state index contributed by atoms with van der Waals surface area (Å²) in [6.45, 7) is 6.27. The zero-order valence-corrected chi connectivity index (χ0v) is 19.5. The topological polar surface area (TPSA) is 60.0 Å². The summed E-state index contributed by atoms with van der Waals surface area (Å²) in [5.41, 5.74) is 1.66. The highest BCUT2D eigenvalue weighted by molar-refractivity contribution is 14.0. The van der Waals surface area contributed by atoms with Gasteiger partial charge in [-0.2, -0.15) is 0 Å². The normalized spacial score (nSPS) is 14.4. The highest BCUT2D eigenvalue weighted by Crippen LogP contribution is 2.13. The van der Waals surface area contributed by atoms with Gasteiger partial charge in [0.1, 0.15) is 5.82 Å². The summed E-state index contributed by atoms with van der Waals surface area (Å²) in [6, 6.07) is 5.17. The average Bonchev–Trinajstić information content (AvgIpc) is 3.03. The van der Waals surface area contributed by atoms with Gasteiger partial charge in [-0.05, 0) is 51.6 Å². The maximum Gasteiger partial charge on any atom is 0.222 e. The van der Waals surface area contributed by atoms with Crippen molar-refractivity contribution in [2.45, 2.75) is 39.3 Å². The molecule has 2 N–H and O–H groups in total. The van der Waals surface area contributed by atoms with Gasteiger partial charge in [0.05, 0.1) is 6.54 Å². The summed E-state index contributed by atoms with van der Waals surface area (Å²) >= 11 is 0. The molecule has 6 nitrogen and oxygen atoms in total. The van der Waals surface area contributed by atoms with E-state index in [2.05, 4.69) is 15.6 Å². The summed E-state index contributed by atoms with van der Waals surface area (Å²) in [5.74, 6) is 0.821. The highest BCUT2D eigenvalue weighted by Gasteiger charge is 2.18. The second kappa shape index (κ2) is 12.9. The minimum Gasteiger partial charge on any atom is -0.357 e. The zero-order valence-electron chi connectivity index (χ0n) is 17.1. The molecule has 0 unspecified atom stereocenters. The molecule has 28 heavy (non-hydrogen) atoms. The van der Waals surface area contributed by atoms with Gasteiger partial charge < -0.3 is 20.4 Å². The van der Waals surface area contributed by atoms with Crippen molar-refractivity contribution in [3.63, 3.8) is 0 Å². The van der Waals surface area contributed by atoms with Gasteiger partial charge >= 0.3 is 0 Å². The van der Waals surface area contributed by atoms with Crippen molar-refractivity contribution >= 4 is 35.8 Å². The van der Waals surface area contributed by atoms with E-state index in [0.29, 0.717) is 25.1 Å². The number of nitrogens with zero attached hydrogens (tertiary/aromatic N) is 3. The summed E-state index contributed by atoms with van der Waals surface area (Å²) in [4.78, 5) is 20.1. The van der Waals surface area contributed by atoms with E-state index in [-0.39, 0.29) is 35.7 Å². The molecular formula is C20H33FIN5O. The van der Waals surface area contributed by atoms with Gasteiger partial charge in [0.2, 0.25) is 5.91 Å². The van der Waals surface area contributed by atoms with Crippen LogP contribution in [0.4, 0.5) is 4.39 Å². The Kier molecular flexibility index (Phi) is 11.4. The largest absolute Gasteiger partial charge is 0.357 e. The van der Waals surface area contributed by atoms with E-state index in [1.165, 1.54) is 6.07 Å². The Labute approximate surface area is 185 Å². The first-order chi connectivity index (χ1) is 13.0. The van der Waals surface area contributed by atoms with Crippen LogP contribution in [0.25, 0.3) is 0 Å². The van der Waals surface area contributed by atoms with Gasteiger partial charge in [-0.25, -0.2) is 9.38 Å². The second-order valence-electron chi connectivity index (χ2n) is 7.12. The Hall–Kier alpha value is -1.42. The second-order valence-corrected chi connectivity index (χ2v) is 7.12. The molecule has 0 bridgehead atoms. The molecule has 2 rings (SSSR count). The number of rotatable bonds is 9. The van der Waals surface area contributed by atoms with Gasteiger partial charge in [0, 0.05) is 44.7 Å². The molecule has 1 aliphatic rings. The molecule has 0 spiro atoms. The predicted octanol–water partition coefficient (Wildman–Crippen LogP) is 2.57. The van der Waals surface area contributed by atoms with Gasteiger partial charge in [-0.15, -0.1) is 24.0 Å². The lowest BCUT2D eigenvalue weighted by Crippen LogP contribution is -2.39. The van der Waals surface area contributed by atoms with Crippen molar-refractivity contribution < 1.29 is 9.18 Å². The van der Waals surface area contributed by atoms with E-state index in [4.69, 9.17) is 0 Å². The molecule has 1 amide bonds. The van der Waals surface area contributed by atoms with Gasteiger partial charge in [0.25, 0.3) is 0 Å². The first-order valence-corrected chi connectivity index (χ1v) is 9.71. The number of nitrogens with one attached hydrogen (secondary N) is 2. The summed E-state index contributed by atoms with van der Waals surface area (Å²) in [5, 5.41) is 6.53. The third-order valence-corrected chi connectivity index (χ3v) is 4.43. The van der Waals surface area contributed by atoms with Crippen molar-refractivity contribution in [1.29, 1.82) is 0 Å². The number of halogens is 2. The quantitative estimate of drug-likeness (QED) is 0.235. The van der Waals surface area contributed by atoms with E-state index in [0.717, 1.165) is 50.5 Å². The van der Waals surface area contributed by atoms with Crippen LogP contribution in [0.1, 0.15) is 37.3 Å². The third kappa shape index (κ3) is 8.30. The Balaban J connectivity index is 0.00000392. The molecule has 0 atom stereocenters. The van der Waals surface area contributed by atoms with Crippen LogP contribution in [0, 0.1) is 5.82 Å². The van der Waals surface area contributed by atoms with E-state index in [9.17, 15) is 9.18 Å². The van der Waals surface area contributed by atoms with Crippen LogP contribution in [0.15, 0.2) is 23.2 Å². The minimum atomic E-state index is -0.182. The Morgan fingerprint density at radius 1 is 1.32 bits per heavy atom. The van der Waals surface area contributed by atoms with Crippen LogP contribution >= 0.6 is 24.0 Å². The number of guanidine groups is 1. The monoisotopic (exact) mass is 505 g/mol. The summed E-state index contributed by atoms with van der Waals surface area (Å²) in [7, 11) is 3.85. The Bertz CT molecular complexity index is 653. The molecule has 1 heterocycles. The number of likely N-dealkylation sites (tertiary alicyclic amines) is 1. The Morgan fingerprint density at radius 2 is 2.11 bits per heavy atom. The summed E-state index contributed by atoms with van der Waals surface area (Å²) in [6.07, 6.45) is 2.55. The molecule has 1 fully saturated rings. The van der Waals surface area contributed by atoms with Crippen molar-refractivity contribution in [2.24, 2.45) is 4.99 Å². The lowest BCUT2D eigenvalue weighted by Gasteiger charge is -2.16. The van der Waals surface area contributed by atoms with E-state index >= 15 is 0 Å². The SMILES string of the molecule is CCNC(=NCc1ccc(F)c(CN(C)C)c1)NCCCN1CCCC1=O.I. The molecule has 1 aromatic rings. The fourth-order valence-electron chi connectivity index (χ4n) is 3.12. The number of benzene rings is 1. The molecule has 1 aliphatic heterocycles. The van der Waals surface area contributed by atoms with Gasteiger partial charge in [-0.3, -0.25) is 4.79 Å². The van der Waals surface area contributed by atoms with Crippen LogP contribution in [0.3, 0.4) is 0 Å². The molecule has 8 heteroatoms. The number of carbonyl (C=O) groups excluding carboxylic acids is 1. The van der Waals surface area contributed by atoms with Crippen LogP contribution < -0.4 is 10.6 Å². The highest BCUT2D eigenvalue weighted by atomic mass is 127. The van der Waals surface area contributed by atoms with Gasteiger partial charge in [0.15, 0.2) is 5.96 Å². The van der Waals surface area contributed by atoms with Crippen LogP contribution in [-0.4, -0.2) is 61.9 Å². The molecule has 0 saturated carbocycles. The molecule has 1 aromatic carbocycles. The van der Waals surface area contributed by atoms with Gasteiger partial charge in [-0.1, -0.05) is 6.07 Å². The average molecular weight is 505 g/mol. The lowest BCUT2D eigenvalue weighted by molar-refractivity contribution is -0.127. The number of hydrogen-bond acceptors (Lipinski definition) is 3. The van der Waals surface area contributed by atoms with Crippen molar-refractivity contribution in [1.82, 2.24) is 20.4 Å². The molecule has 1 saturated heterocycles. The zero-order chi connectivity index (χ0) is 19.6. The minimum absolute atomic E-state index is 0. The fourth-order valence-corrected chi connectivity index (χ4v) is 3.12. The predicted molar refractivity (Wildman–Crippen MR) is 122 cm³/mol. The molecule has 0 aliphatic carbocycles. The lowest BCUT2D eigenvalue weighted by atomic mass is 10.1. The van der Waals surface area contributed by atoms with Crippen LogP contribution in [-0.2, 0) is 17.9 Å². The number of aliphatic imine (C=N–C) groups is 1. The maximum absolute atomic E-state index is 13.9. The first kappa shape index (κ1) is 24.6. The molecule has 0 radical (unpaired) electrons. The molecule has 158 valence electrons. The molecule has 0 aromatic heterocycles. The van der Waals surface area contributed by atoms with Crippen LogP contribution in [0.5, 0.6) is 0 Å². The standard InChI is InChI=1S/C20H32FN5O.HI/c1-4-22-20(23-10-6-12-26-11-5-7-19(26)27)24-14-16-8-9-18(21)17(13-16)15-25(2)3;/h8-9,13H,4-7,10-12,14-15H2,1-3H3,(H2,22,23,24);1H. The van der Waals surface area contributed by atoms with Crippen molar-refractivity contribution in [3.8, 4) is 0 Å². The van der Waals surface area contributed by atoms with E-state index in [1.807, 2.05) is 36.9 Å². The first-order valence-electron chi connectivity index (χ1n) is 9.71. The van der Waals surface area contributed by atoms with E-state index in [1.54, 1.807) is 6.07 Å². The van der Waals surface area contributed by atoms with E-state index < -0.39 is 0 Å². The number of hydrogen-bond donors (Lipinski definition) is 2. The Morgan fingerprint density at radius 3 is 2.75 bits per heavy atom. The third-order valence-electron chi connectivity index (χ3n) is 4.43. The summed E-state index contributed by atoms with van der Waals surface area (Å²) < 4.78 is 13.9. The number of carbonyl (C=O) groups is 1. The van der Waals surface area contributed by atoms with Crippen molar-refractivity contribution in [2.75, 3.05) is 40.3 Å². The molecular weight excluding hydrogens is 472 g/mol.